The first-order valence-electron chi connectivity index (χ1n) is 2.85. The molecule has 9 heavy (non-hydrogen) atoms. The Kier molecular flexibility index (Phi) is 2.42. The summed E-state index contributed by atoms with van der Waals surface area (Å²) in [6.45, 7) is 0.622. The fraction of sp³-hybridized carbons (Fsp3) is 0.667. The molecule has 0 aromatic carbocycles. The summed E-state index contributed by atoms with van der Waals surface area (Å²) in [6, 6.07) is 0. The minimum atomic E-state index is 0.0185. The quantitative estimate of drug-likeness (QED) is 0.560. The van der Waals surface area contributed by atoms with E-state index in [0.717, 1.165) is 12.2 Å². The minimum absolute atomic E-state index is 0.0185. The normalized spacial score (nSPS) is 27.3. The van der Waals surface area contributed by atoms with Gasteiger partial charge >= 0.3 is 0 Å². The van der Waals surface area contributed by atoms with E-state index in [-0.39, 0.29) is 5.44 Å². The molecule has 1 atom stereocenters. The maximum absolute atomic E-state index is 5.12. The van der Waals surface area contributed by atoms with Gasteiger partial charge in [-0.25, -0.2) is 0 Å². The lowest BCUT2D eigenvalue weighted by Crippen LogP contribution is -2.13. The SMILES string of the molecule is COC1=CCOC(S)C1. The first-order valence-corrected chi connectivity index (χ1v) is 3.37. The van der Waals surface area contributed by atoms with E-state index >= 15 is 0 Å². The van der Waals surface area contributed by atoms with Gasteiger partial charge in [0.15, 0.2) is 0 Å². The summed E-state index contributed by atoms with van der Waals surface area (Å²) in [5.41, 5.74) is 0.0185. The second-order valence-corrected chi connectivity index (χ2v) is 2.44. The Morgan fingerprint density at radius 1 is 1.89 bits per heavy atom. The standard InChI is InChI=1S/C6H10O2S/c1-7-5-2-3-8-6(9)4-5/h2,6,9H,3-4H2,1H3. The molecule has 0 bridgehead atoms. The van der Waals surface area contributed by atoms with Crippen molar-refractivity contribution in [2.75, 3.05) is 13.7 Å². The summed E-state index contributed by atoms with van der Waals surface area (Å²) in [4.78, 5) is 0. The lowest BCUT2D eigenvalue weighted by atomic mass is 10.3. The molecular formula is C6H10O2S. The van der Waals surface area contributed by atoms with Crippen LogP contribution in [0.15, 0.2) is 11.8 Å². The fourth-order valence-electron chi connectivity index (χ4n) is 0.733. The molecule has 1 unspecified atom stereocenters. The maximum atomic E-state index is 5.12. The summed E-state index contributed by atoms with van der Waals surface area (Å²) in [5, 5.41) is 0. The minimum Gasteiger partial charge on any atom is -0.501 e. The zero-order valence-corrected chi connectivity index (χ0v) is 6.23. The zero-order chi connectivity index (χ0) is 6.69. The van der Waals surface area contributed by atoms with Crippen molar-refractivity contribution in [2.45, 2.75) is 11.9 Å². The molecule has 1 aliphatic heterocycles. The lowest BCUT2D eigenvalue weighted by molar-refractivity contribution is 0.104. The Morgan fingerprint density at radius 3 is 3.11 bits per heavy atom. The van der Waals surface area contributed by atoms with E-state index in [9.17, 15) is 0 Å². The van der Waals surface area contributed by atoms with Crippen LogP contribution in [0.5, 0.6) is 0 Å². The molecule has 0 aromatic heterocycles. The third kappa shape index (κ3) is 1.91. The average Bonchev–Trinajstić information content (AvgIpc) is 1.88. The predicted octanol–water partition coefficient (Wildman–Crippen LogP) is 1.19. The lowest BCUT2D eigenvalue weighted by Gasteiger charge is -2.17. The highest BCUT2D eigenvalue weighted by atomic mass is 32.1. The zero-order valence-electron chi connectivity index (χ0n) is 5.33. The van der Waals surface area contributed by atoms with Gasteiger partial charge in [0.25, 0.3) is 0 Å². The Morgan fingerprint density at radius 2 is 2.67 bits per heavy atom. The number of hydrogen-bond acceptors (Lipinski definition) is 3. The third-order valence-corrected chi connectivity index (χ3v) is 1.57. The van der Waals surface area contributed by atoms with Crippen molar-refractivity contribution in [3.63, 3.8) is 0 Å². The summed E-state index contributed by atoms with van der Waals surface area (Å²) in [6.07, 6.45) is 2.70. The fourth-order valence-corrected chi connectivity index (χ4v) is 0.999. The molecule has 1 heterocycles. The van der Waals surface area contributed by atoms with Crippen molar-refractivity contribution in [1.82, 2.24) is 0 Å². The highest BCUT2D eigenvalue weighted by Gasteiger charge is 2.10. The van der Waals surface area contributed by atoms with Gasteiger partial charge in [-0.3, -0.25) is 0 Å². The molecule has 0 aliphatic carbocycles. The van der Waals surface area contributed by atoms with Crippen molar-refractivity contribution in [3.8, 4) is 0 Å². The summed E-state index contributed by atoms with van der Waals surface area (Å²) in [7, 11) is 1.66. The van der Waals surface area contributed by atoms with E-state index in [2.05, 4.69) is 12.6 Å². The first kappa shape index (κ1) is 6.96. The molecule has 0 fully saturated rings. The van der Waals surface area contributed by atoms with Crippen LogP contribution in [0.1, 0.15) is 6.42 Å². The van der Waals surface area contributed by atoms with E-state index in [4.69, 9.17) is 9.47 Å². The highest BCUT2D eigenvalue weighted by Crippen LogP contribution is 2.16. The van der Waals surface area contributed by atoms with Crippen LogP contribution in [0, 0.1) is 0 Å². The summed E-state index contributed by atoms with van der Waals surface area (Å²) >= 11 is 4.13. The number of methoxy groups -OCH3 is 1. The van der Waals surface area contributed by atoms with Gasteiger partial charge in [0.05, 0.1) is 19.5 Å². The van der Waals surface area contributed by atoms with Gasteiger partial charge in [0.2, 0.25) is 0 Å². The van der Waals surface area contributed by atoms with Gasteiger partial charge in [-0.2, -0.15) is 0 Å². The average molecular weight is 146 g/mol. The Bertz CT molecular complexity index is 122. The number of hydrogen-bond donors (Lipinski definition) is 1. The van der Waals surface area contributed by atoms with E-state index in [1.165, 1.54) is 0 Å². The van der Waals surface area contributed by atoms with Crippen LogP contribution in [-0.4, -0.2) is 19.2 Å². The van der Waals surface area contributed by atoms with Crippen LogP contribution in [-0.2, 0) is 9.47 Å². The van der Waals surface area contributed by atoms with Crippen molar-refractivity contribution in [3.05, 3.63) is 11.8 Å². The predicted molar refractivity (Wildman–Crippen MR) is 38.4 cm³/mol. The molecule has 1 rings (SSSR count). The van der Waals surface area contributed by atoms with E-state index in [1.54, 1.807) is 7.11 Å². The molecule has 0 saturated carbocycles. The second-order valence-electron chi connectivity index (χ2n) is 1.87. The third-order valence-electron chi connectivity index (χ3n) is 1.24. The van der Waals surface area contributed by atoms with Crippen LogP contribution in [0.25, 0.3) is 0 Å². The molecule has 0 radical (unpaired) electrons. The topological polar surface area (TPSA) is 18.5 Å². The van der Waals surface area contributed by atoms with Crippen molar-refractivity contribution in [1.29, 1.82) is 0 Å². The van der Waals surface area contributed by atoms with Crippen molar-refractivity contribution in [2.24, 2.45) is 0 Å². The molecule has 0 spiro atoms. The highest BCUT2D eigenvalue weighted by molar-refractivity contribution is 7.80. The second kappa shape index (κ2) is 3.13. The van der Waals surface area contributed by atoms with E-state index < -0.39 is 0 Å². The monoisotopic (exact) mass is 146 g/mol. The van der Waals surface area contributed by atoms with Gasteiger partial charge in [-0.15, -0.1) is 12.6 Å². The van der Waals surface area contributed by atoms with Crippen LogP contribution in [0.3, 0.4) is 0 Å². The van der Waals surface area contributed by atoms with Gasteiger partial charge in [-0.1, -0.05) is 0 Å². The maximum Gasteiger partial charge on any atom is 0.107 e. The molecule has 0 aromatic rings. The first-order chi connectivity index (χ1) is 4.33. The molecule has 3 heteroatoms. The molecule has 52 valence electrons. The number of rotatable bonds is 1. The molecule has 2 nitrogen and oxygen atoms in total. The number of thiol groups is 1. The van der Waals surface area contributed by atoms with Crippen LogP contribution < -0.4 is 0 Å². The van der Waals surface area contributed by atoms with E-state index in [0.29, 0.717) is 6.61 Å². The van der Waals surface area contributed by atoms with Crippen LogP contribution in [0.4, 0.5) is 0 Å². The smallest absolute Gasteiger partial charge is 0.107 e. The van der Waals surface area contributed by atoms with Crippen molar-refractivity contribution >= 4 is 12.6 Å². The Labute approximate surface area is 60.3 Å². The van der Waals surface area contributed by atoms with Crippen molar-refractivity contribution < 1.29 is 9.47 Å². The Hall–Kier alpha value is -0.150. The number of ether oxygens (including phenoxy) is 2. The van der Waals surface area contributed by atoms with Gasteiger partial charge in [0, 0.05) is 6.42 Å². The largest absolute Gasteiger partial charge is 0.501 e. The Balaban J connectivity index is 2.43. The molecular weight excluding hydrogens is 136 g/mol. The van der Waals surface area contributed by atoms with Crippen LogP contribution >= 0.6 is 12.6 Å². The van der Waals surface area contributed by atoms with Gasteiger partial charge in [0.1, 0.15) is 5.44 Å². The van der Waals surface area contributed by atoms with E-state index in [1.807, 2.05) is 6.08 Å². The van der Waals surface area contributed by atoms with Crippen LogP contribution in [0.2, 0.25) is 0 Å². The molecule has 0 amide bonds. The molecule has 0 N–H and O–H groups in total. The molecule has 1 aliphatic rings. The van der Waals surface area contributed by atoms with Gasteiger partial charge in [-0.05, 0) is 6.08 Å². The summed E-state index contributed by atoms with van der Waals surface area (Å²) in [5.74, 6) is 0.973. The van der Waals surface area contributed by atoms with Gasteiger partial charge < -0.3 is 9.47 Å². The molecule has 0 saturated heterocycles. The summed E-state index contributed by atoms with van der Waals surface area (Å²) < 4.78 is 10.1.